The lowest BCUT2D eigenvalue weighted by molar-refractivity contribution is -0.143. The highest BCUT2D eigenvalue weighted by molar-refractivity contribution is 7.99. The Balaban J connectivity index is 1.64. The fraction of sp³-hybridized carbons (Fsp3) is 0.444. The Labute approximate surface area is 146 Å². The highest BCUT2D eigenvalue weighted by Gasteiger charge is 2.32. The van der Waals surface area contributed by atoms with E-state index in [4.69, 9.17) is 0 Å². The molecule has 1 fully saturated rings. The molecular formula is C18H23N3O2S. The maximum absolute atomic E-state index is 12.5. The number of amides is 2. The molecule has 6 heteroatoms. The smallest absolute Gasteiger partial charge is 0.313 e. The number of anilines is 1. The number of fused-ring (bicyclic) bond motifs is 1. The van der Waals surface area contributed by atoms with Gasteiger partial charge in [0, 0.05) is 35.4 Å². The first kappa shape index (κ1) is 16.9. The number of aromatic nitrogens is 1. The van der Waals surface area contributed by atoms with Crippen molar-refractivity contribution in [2.45, 2.75) is 37.5 Å². The van der Waals surface area contributed by atoms with Crippen molar-refractivity contribution in [1.29, 1.82) is 0 Å². The highest BCUT2D eigenvalue weighted by Crippen LogP contribution is 2.32. The van der Waals surface area contributed by atoms with Crippen LogP contribution in [-0.4, -0.2) is 45.8 Å². The van der Waals surface area contributed by atoms with Gasteiger partial charge in [-0.05, 0) is 43.2 Å². The van der Waals surface area contributed by atoms with Crippen LogP contribution >= 0.6 is 11.8 Å². The van der Waals surface area contributed by atoms with Crippen molar-refractivity contribution < 1.29 is 9.59 Å². The second kappa shape index (κ2) is 7.30. The van der Waals surface area contributed by atoms with Crippen LogP contribution in [0.4, 0.5) is 5.69 Å². The van der Waals surface area contributed by atoms with E-state index in [2.05, 4.69) is 17.2 Å². The average molecular weight is 345 g/mol. The van der Waals surface area contributed by atoms with Crippen LogP contribution in [0, 0.1) is 0 Å². The summed E-state index contributed by atoms with van der Waals surface area (Å²) >= 11 is 1.94. The predicted molar refractivity (Wildman–Crippen MR) is 99.3 cm³/mol. The van der Waals surface area contributed by atoms with Crippen molar-refractivity contribution >= 4 is 40.2 Å². The van der Waals surface area contributed by atoms with Crippen LogP contribution in [0.25, 0.3) is 10.9 Å². The molecule has 1 aliphatic carbocycles. The van der Waals surface area contributed by atoms with Crippen molar-refractivity contribution in [1.82, 2.24) is 9.88 Å². The third-order valence-electron chi connectivity index (χ3n) is 4.66. The monoisotopic (exact) mass is 345 g/mol. The molecule has 2 aromatic rings. The Kier molecular flexibility index (Phi) is 5.14. The number of carbonyl (C=O) groups is 2. The molecular weight excluding hydrogens is 322 g/mol. The molecule has 3 rings (SSSR count). The molecule has 1 aliphatic rings. The van der Waals surface area contributed by atoms with Gasteiger partial charge in [0.25, 0.3) is 0 Å². The summed E-state index contributed by atoms with van der Waals surface area (Å²) < 4.78 is 0. The van der Waals surface area contributed by atoms with Crippen molar-refractivity contribution in [2.75, 3.05) is 18.1 Å². The van der Waals surface area contributed by atoms with Gasteiger partial charge in [-0.25, -0.2) is 0 Å². The van der Waals surface area contributed by atoms with Crippen molar-refractivity contribution in [3.8, 4) is 0 Å². The van der Waals surface area contributed by atoms with Crippen LogP contribution in [-0.2, 0) is 9.59 Å². The summed E-state index contributed by atoms with van der Waals surface area (Å²) in [6.07, 6.45) is 4.88. The number of thioether (sulfide) groups is 1. The number of benzene rings is 1. The molecule has 1 saturated carbocycles. The summed E-state index contributed by atoms with van der Waals surface area (Å²) in [5, 5.41) is 4.26. The van der Waals surface area contributed by atoms with E-state index in [1.165, 1.54) is 0 Å². The summed E-state index contributed by atoms with van der Waals surface area (Å²) in [7, 11) is 1.74. The molecule has 0 aliphatic heterocycles. The molecule has 0 saturated heterocycles. The van der Waals surface area contributed by atoms with E-state index in [0.29, 0.717) is 10.9 Å². The Morgan fingerprint density at radius 2 is 2.17 bits per heavy atom. The van der Waals surface area contributed by atoms with Gasteiger partial charge in [-0.1, -0.05) is 13.0 Å². The minimum Gasteiger partial charge on any atom is -0.361 e. The number of nitrogens with one attached hydrogen (secondary N) is 2. The van der Waals surface area contributed by atoms with Crippen LogP contribution in [0.3, 0.4) is 0 Å². The lowest BCUT2D eigenvalue weighted by Crippen LogP contribution is -2.42. The first-order valence-electron chi connectivity index (χ1n) is 8.36. The SMILES string of the molecule is CCSC1CCC(N(C)C(=O)C(=O)Nc2cccc3[nH]ccc23)C1. The molecule has 2 atom stereocenters. The Hall–Kier alpha value is -1.95. The van der Waals surface area contributed by atoms with Crippen LogP contribution in [0.15, 0.2) is 30.5 Å². The van der Waals surface area contributed by atoms with Crippen LogP contribution in [0.2, 0.25) is 0 Å². The molecule has 0 spiro atoms. The Bertz CT molecular complexity index is 743. The number of aromatic amines is 1. The van der Waals surface area contributed by atoms with E-state index in [1.807, 2.05) is 42.2 Å². The second-order valence-corrected chi connectivity index (χ2v) is 7.74. The number of hydrogen-bond acceptors (Lipinski definition) is 3. The molecule has 2 unspecified atom stereocenters. The molecule has 2 amide bonds. The van der Waals surface area contributed by atoms with Crippen LogP contribution < -0.4 is 5.32 Å². The summed E-state index contributed by atoms with van der Waals surface area (Å²) in [6, 6.07) is 7.65. The molecule has 24 heavy (non-hydrogen) atoms. The topological polar surface area (TPSA) is 65.2 Å². The lowest BCUT2D eigenvalue weighted by atomic mass is 10.2. The van der Waals surface area contributed by atoms with Gasteiger partial charge in [-0.3, -0.25) is 9.59 Å². The van der Waals surface area contributed by atoms with E-state index in [-0.39, 0.29) is 6.04 Å². The predicted octanol–water partition coefficient (Wildman–Crippen LogP) is 3.24. The summed E-state index contributed by atoms with van der Waals surface area (Å²) in [6.45, 7) is 2.15. The highest BCUT2D eigenvalue weighted by atomic mass is 32.2. The maximum Gasteiger partial charge on any atom is 0.313 e. The third-order valence-corrected chi connectivity index (χ3v) is 5.90. The summed E-state index contributed by atoms with van der Waals surface area (Å²) in [4.78, 5) is 29.5. The van der Waals surface area contributed by atoms with Gasteiger partial charge in [0.1, 0.15) is 0 Å². The molecule has 1 heterocycles. The van der Waals surface area contributed by atoms with Gasteiger partial charge in [-0.15, -0.1) is 0 Å². The largest absolute Gasteiger partial charge is 0.361 e. The minimum absolute atomic E-state index is 0.162. The van der Waals surface area contributed by atoms with Crippen molar-refractivity contribution in [2.24, 2.45) is 0 Å². The van der Waals surface area contributed by atoms with Gasteiger partial charge >= 0.3 is 11.8 Å². The first-order chi connectivity index (χ1) is 11.6. The van der Waals surface area contributed by atoms with Gasteiger partial charge in [0.15, 0.2) is 0 Å². The van der Waals surface area contributed by atoms with Crippen molar-refractivity contribution in [3.05, 3.63) is 30.5 Å². The number of likely N-dealkylation sites (N-methyl/N-ethyl adjacent to an activating group) is 1. The summed E-state index contributed by atoms with van der Waals surface area (Å²) in [5.74, 6) is 0.0587. The van der Waals surface area contributed by atoms with E-state index in [1.54, 1.807) is 11.9 Å². The van der Waals surface area contributed by atoms with Crippen LogP contribution in [0.1, 0.15) is 26.2 Å². The van der Waals surface area contributed by atoms with E-state index in [9.17, 15) is 9.59 Å². The minimum atomic E-state index is -0.571. The lowest BCUT2D eigenvalue weighted by Gasteiger charge is -2.24. The number of carbonyl (C=O) groups excluding carboxylic acids is 2. The Morgan fingerprint density at radius 1 is 1.33 bits per heavy atom. The molecule has 1 aromatic carbocycles. The molecule has 0 bridgehead atoms. The number of nitrogens with zero attached hydrogens (tertiary/aromatic N) is 1. The molecule has 0 radical (unpaired) electrons. The standard InChI is InChI=1S/C18H23N3O2S/c1-3-24-13-8-7-12(11-13)21(2)18(23)17(22)20-16-6-4-5-15-14(16)9-10-19-15/h4-6,9-10,12-13,19H,3,7-8,11H2,1-2H3,(H,20,22). The van der Waals surface area contributed by atoms with Gasteiger partial charge in [0.05, 0.1) is 5.69 Å². The quantitative estimate of drug-likeness (QED) is 0.836. The zero-order valence-corrected chi connectivity index (χ0v) is 14.9. The van der Waals surface area contributed by atoms with E-state index in [0.717, 1.165) is 35.9 Å². The van der Waals surface area contributed by atoms with Crippen LogP contribution in [0.5, 0.6) is 0 Å². The summed E-state index contributed by atoms with van der Waals surface area (Å²) in [5.41, 5.74) is 1.59. The number of hydrogen-bond donors (Lipinski definition) is 2. The van der Waals surface area contributed by atoms with Gasteiger partial charge < -0.3 is 15.2 Å². The van der Waals surface area contributed by atoms with Gasteiger partial charge in [-0.2, -0.15) is 11.8 Å². The third kappa shape index (κ3) is 3.43. The molecule has 5 nitrogen and oxygen atoms in total. The number of H-pyrrole nitrogens is 1. The fourth-order valence-electron chi connectivity index (χ4n) is 3.35. The average Bonchev–Trinajstić information content (AvgIpc) is 3.23. The molecule has 128 valence electrons. The fourth-order valence-corrected chi connectivity index (χ4v) is 4.48. The maximum atomic E-state index is 12.5. The second-order valence-electron chi connectivity index (χ2n) is 6.16. The normalized spacial score (nSPS) is 20.2. The van der Waals surface area contributed by atoms with E-state index < -0.39 is 11.8 Å². The van der Waals surface area contributed by atoms with Crippen molar-refractivity contribution in [3.63, 3.8) is 0 Å². The zero-order valence-electron chi connectivity index (χ0n) is 14.0. The zero-order chi connectivity index (χ0) is 17.1. The van der Waals surface area contributed by atoms with E-state index >= 15 is 0 Å². The van der Waals surface area contributed by atoms with Gasteiger partial charge in [0.2, 0.25) is 0 Å². The Morgan fingerprint density at radius 3 is 2.96 bits per heavy atom. The number of rotatable bonds is 4. The molecule has 1 aromatic heterocycles. The molecule has 2 N–H and O–H groups in total. The first-order valence-corrected chi connectivity index (χ1v) is 9.41.